The third-order valence-electron chi connectivity index (χ3n) is 10.5. The van der Waals surface area contributed by atoms with E-state index in [0.717, 1.165) is 29.6 Å². The van der Waals surface area contributed by atoms with Gasteiger partial charge in [-0.2, -0.15) is 10.2 Å². The SMILES string of the molecule is CCCn1c(NC(=O)c2cc(C)nn2CCC(C)(C)CCc2c(C)nn(CC)c2C(=O)Nc2nc3cc(C(N)=O)cc4c3n2CCO4)nc2cc(C(N)=O)ccc21. The fourth-order valence-electron chi connectivity index (χ4n) is 7.49. The molecule has 1 aliphatic rings. The summed E-state index contributed by atoms with van der Waals surface area (Å²) in [6, 6.07) is 10.0. The second-order valence-electron chi connectivity index (χ2n) is 15.2. The summed E-state index contributed by atoms with van der Waals surface area (Å²) in [5.41, 5.74) is 17.2. The van der Waals surface area contributed by atoms with Crippen molar-refractivity contribution in [1.29, 1.82) is 0 Å². The molecule has 0 fully saturated rings. The Labute approximate surface area is 328 Å². The number of nitrogens with one attached hydrogen (secondary N) is 2. The number of primary amides is 2. The van der Waals surface area contributed by atoms with Crippen molar-refractivity contribution in [2.45, 2.75) is 93.4 Å². The molecule has 7 rings (SSSR count). The lowest BCUT2D eigenvalue weighted by Crippen LogP contribution is -2.24. The van der Waals surface area contributed by atoms with Gasteiger partial charge in [0.25, 0.3) is 11.8 Å². The maximum absolute atomic E-state index is 14.1. The summed E-state index contributed by atoms with van der Waals surface area (Å²) in [4.78, 5) is 60.9. The van der Waals surface area contributed by atoms with E-state index in [0.29, 0.717) is 102 Å². The summed E-state index contributed by atoms with van der Waals surface area (Å²) in [6.07, 6.45) is 2.83. The van der Waals surface area contributed by atoms with Gasteiger partial charge in [-0.3, -0.25) is 39.2 Å². The van der Waals surface area contributed by atoms with Crippen molar-refractivity contribution in [1.82, 2.24) is 38.7 Å². The number of carbonyl (C=O) groups is 4. The first kappa shape index (κ1) is 38.7. The van der Waals surface area contributed by atoms with Crippen LogP contribution in [-0.4, -0.2) is 68.9 Å². The van der Waals surface area contributed by atoms with Gasteiger partial charge >= 0.3 is 0 Å². The van der Waals surface area contributed by atoms with Crippen molar-refractivity contribution < 1.29 is 23.9 Å². The van der Waals surface area contributed by atoms with E-state index in [9.17, 15) is 19.2 Å². The Morgan fingerprint density at radius 1 is 0.842 bits per heavy atom. The molecular weight excluding hydrogens is 729 g/mol. The predicted molar refractivity (Wildman–Crippen MR) is 215 cm³/mol. The minimum atomic E-state index is -0.591. The van der Waals surface area contributed by atoms with Crippen LogP contribution in [-0.2, 0) is 32.6 Å². The molecule has 4 amide bonds. The topological polar surface area (TPSA) is 225 Å². The Morgan fingerprint density at radius 2 is 1.56 bits per heavy atom. The molecule has 0 aliphatic carbocycles. The number of imidazole rings is 2. The fourth-order valence-corrected chi connectivity index (χ4v) is 7.49. The highest BCUT2D eigenvalue weighted by molar-refractivity contribution is 6.05. The van der Waals surface area contributed by atoms with Crippen LogP contribution in [0, 0.1) is 19.3 Å². The third kappa shape index (κ3) is 7.56. The zero-order chi connectivity index (χ0) is 40.8. The number of ether oxygens (including phenoxy) is 1. The second-order valence-corrected chi connectivity index (χ2v) is 15.2. The normalized spacial score (nSPS) is 12.6. The molecule has 1 aliphatic heterocycles. The van der Waals surface area contributed by atoms with Crippen molar-refractivity contribution in [3.63, 3.8) is 0 Å². The predicted octanol–water partition coefficient (Wildman–Crippen LogP) is 4.97. The van der Waals surface area contributed by atoms with E-state index in [4.69, 9.17) is 21.3 Å². The van der Waals surface area contributed by atoms with E-state index < -0.39 is 11.8 Å². The average molecular weight is 777 g/mol. The number of benzene rings is 2. The van der Waals surface area contributed by atoms with Gasteiger partial charge in [-0.05, 0) is 88.3 Å². The number of hydrogen-bond acceptors (Lipinski definition) is 9. The van der Waals surface area contributed by atoms with Crippen molar-refractivity contribution in [3.8, 4) is 5.75 Å². The van der Waals surface area contributed by atoms with Gasteiger partial charge in [-0.1, -0.05) is 20.8 Å². The largest absolute Gasteiger partial charge is 0.489 e. The van der Waals surface area contributed by atoms with Crippen LogP contribution in [0.2, 0.25) is 0 Å². The molecular formula is C40H48N12O5. The van der Waals surface area contributed by atoms with E-state index in [-0.39, 0.29) is 22.8 Å². The van der Waals surface area contributed by atoms with Crippen LogP contribution in [0.25, 0.3) is 22.1 Å². The molecule has 0 unspecified atom stereocenters. The first-order chi connectivity index (χ1) is 27.2. The number of carbonyl (C=O) groups excluding carboxylic acids is 4. The average Bonchev–Trinajstić information content (AvgIpc) is 3.91. The van der Waals surface area contributed by atoms with Crippen molar-refractivity contribution in [3.05, 3.63) is 75.9 Å². The molecule has 4 aromatic heterocycles. The number of nitrogens with two attached hydrogens (primary N) is 2. The molecule has 5 heterocycles. The Kier molecular flexibility index (Phi) is 10.3. The van der Waals surface area contributed by atoms with Crippen LogP contribution in [0.15, 0.2) is 36.4 Å². The van der Waals surface area contributed by atoms with Gasteiger partial charge in [0.15, 0.2) is 0 Å². The highest BCUT2D eigenvalue weighted by atomic mass is 16.5. The molecule has 6 N–H and O–H groups in total. The highest BCUT2D eigenvalue weighted by Gasteiger charge is 2.28. The minimum absolute atomic E-state index is 0.213. The second kappa shape index (κ2) is 15.2. The van der Waals surface area contributed by atoms with Crippen LogP contribution >= 0.6 is 0 Å². The Hall–Kier alpha value is -6.52. The molecule has 0 spiro atoms. The first-order valence-electron chi connectivity index (χ1n) is 19.2. The van der Waals surface area contributed by atoms with E-state index >= 15 is 0 Å². The molecule has 17 heteroatoms. The number of fused-ring (bicyclic) bond motifs is 1. The Bertz CT molecular complexity index is 2570. The van der Waals surface area contributed by atoms with E-state index in [1.165, 1.54) is 0 Å². The van der Waals surface area contributed by atoms with Crippen LogP contribution < -0.4 is 26.8 Å². The van der Waals surface area contributed by atoms with Crippen molar-refractivity contribution in [2.24, 2.45) is 16.9 Å². The first-order valence-corrected chi connectivity index (χ1v) is 19.2. The number of aromatic nitrogens is 8. The summed E-state index contributed by atoms with van der Waals surface area (Å²) in [5.74, 6) is -0.591. The van der Waals surface area contributed by atoms with Gasteiger partial charge in [0.05, 0.1) is 34.5 Å². The minimum Gasteiger partial charge on any atom is -0.489 e. The number of amides is 4. The molecule has 0 saturated carbocycles. The fraction of sp³-hybridized carbons (Fsp3) is 0.400. The van der Waals surface area contributed by atoms with E-state index in [1.807, 2.05) is 36.8 Å². The molecule has 6 aromatic rings. The number of aryl methyl sites for hydroxylation is 5. The standard InChI is InChI=1S/C40H48N12O5/c1-7-14-49-29-10-9-24(34(41)53)19-27(29)43-38(49)45-36(55)30-18-22(3)47-52(30)15-13-40(5,6)12-11-26-23(4)48-51(8-2)32(26)37(56)46-39-44-28-20-25(35(42)54)21-31-33(28)50(39)16-17-57-31/h9-10,18-21H,7-8,11-17H2,1-6H3,(H2,41,53)(H2,42,54)(H,43,45,55)(H,44,46,56). The van der Waals surface area contributed by atoms with Crippen LogP contribution in [0.1, 0.15) is 106 Å². The van der Waals surface area contributed by atoms with Gasteiger partial charge < -0.3 is 25.3 Å². The molecule has 17 nitrogen and oxygen atoms in total. The number of rotatable bonds is 15. The summed E-state index contributed by atoms with van der Waals surface area (Å²) in [7, 11) is 0. The monoisotopic (exact) mass is 776 g/mol. The molecule has 0 bridgehead atoms. The Morgan fingerprint density at radius 3 is 2.28 bits per heavy atom. The van der Waals surface area contributed by atoms with Crippen molar-refractivity contribution in [2.75, 3.05) is 17.2 Å². The van der Waals surface area contributed by atoms with Crippen LogP contribution in [0.4, 0.5) is 11.9 Å². The van der Waals surface area contributed by atoms with Crippen molar-refractivity contribution >= 4 is 57.6 Å². The number of nitrogens with zero attached hydrogens (tertiary/aromatic N) is 8. The number of anilines is 2. The molecule has 0 saturated heterocycles. The zero-order valence-electron chi connectivity index (χ0n) is 33.1. The van der Waals surface area contributed by atoms with Gasteiger partial charge in [0.2, 0.25) is 23.7 Å². The molecule has 2 aromatic carbocycles. The lowest BCUT2D eigenvalue weighted by molar-refractivity contribution is 0.0991. The lowest BCUT2D eigenvalue weighted by atomic mass is 9.82. The molecule has 298 valence electrons. The Balaban J connectivity index is 1.06. The van der Waals surface area contributed by atoms with Gasteiger partial charge in [-0.25, -0.2) is 9.97 Å². The molecule has 57 heavy (non-hydrogen) atoms. The van der Waals surface area contributed by atoms with Crippen LogP contribution in [0.5, 0.6) is 5.75 Å². The molecule has 0 atom stereocenters. The lowest BCUT2D eigenvalue weighted by Gasteiger charge is -2.25. The van der Waals surface area contributed by atoms with E-state index in [2.05, 4.69) is 39.5 Å². The highest BCUT2D eigenvalue weighted by Crippen LogP contribution is 2.34. The quantitative estimate of drug-likeness (QED) is 0.110. The summed E-state index contributed by atoms with van der Waals surface area (Å²) in [5, 5.41) is 15.4. The van der Waals surface area contributed by atoms with Crippen LogP contribution in [0.3, 0.4) is 0 Å². The third-order valence-corrected chi connectivity index (χ3v) is 10.5. The summed E-state index contributed by atoms with van der Waals surface area (Å²) >= 11 is 0. The summed E-state index contributed by atoms with van der Waals surface area (Å²) < 4.78 is 13.0. The maximum Gasteiger partial charge on any atom is 0.276 e. The number of hydrogen-bond donors (Lipinski definition) is 4. The zero-order valence-corrected chi connectivity index (χ0v) is 33.1. The van der Waals surface area contributed by atoms with Gasteiger partial charge in [0.1, 0.15) is 29.3 Å². The van der Waals surface area contributed by atoms with Gasteiger partial charge in [0, 0.05) is 36.3 Å². The maximum atomic E-state index is 14.1. The smallest absolute Gasteiger partial charge is 0.276 e. The van der Waals surface area contributed by atoms with E-state index in [1.54, 1.807) is 45.8 Å². The summed E-state index contributed by atoms with van der Waals surface area (Å²) in [6.45, 7) is 14.5. The van der Waals surface area contributed by atoms with Gasteiger partial charge in [-0.15, -0.1) is 0 Å². The molecule has 0 radical (unpaired) electrons.